The zero-order valence-electron chi connectivity index (χ0n) is 11.5. The standard InChI is InChI=1S/C16H19ClN2/c1-12(15-9-4-5-10-16(15)17)18-13-7-6-8-14(11-13)19(2)3/h4-12,18H,1-3H3. The molecule has 19 heavy (non-hydrogen) atoms. The van der Waals surface area contributed by atoms with Gasteiger partial charge in [-0.05, 0) is 36.8 Å². The fourth-order valence-corrected chi connectivity index (χ4v) is 2.33. The maximum atomic E-state index is 6.22. The Balaban J connectivity index is 2.17. The molecule has 0 saturated carbocycles. The molecule has 1 N–H and O–H groups in total. The third-order valence-electron chi connectivity index (χ3n) is 3.12. The normalized spacial score (nSPS) is 12.0. The summed E-state index contributed by atoms with van der Waals surface area (Å²) in [6, 6.07) is 16.4. The van der Waals surface area contributed by atoms with Crippen molar-refractivity contribution in [3.05, 3.63) is 59.1 Å². The molecule has 0 fully saturated rings. The van der Waals surface area contributed by atoms with Crippen molar-refractivity contribution in [2.24, 2.45) is 0 Å². The molecule has 2 aromatic rings. The van der Waals surface area contributed by atoms with Crippen LogP contribution < -0.4 is 10.2 Å². The number of nitrogens with one attached hydrogen (secondary N) is 1. The molecule has 0 spiro atoms. The van der Waals surface area contributed by atoms with Crippen molar-refractivity contribution in [2.45, 2.75) is 13.0 Å². The second-order valence-electron chi connectivity index (χ2n) is 4.83. The molecule has 1 unspecified atom stereocenters. The molecule has 0 aliphatic carbocycles. The van der Waals surface area contributed by atoms with Gasteiger partial charge in [0.2, 0.25) is 0 Å². The molecular weight excluding hydrogens is 256 g/mol. The van der Waals surface area contributed by atoms with Gasteiger partial charge in [-0.3, -0.25) is 0 Å². The zero-order valence-corrected chi connectivity index (χ0v) is 12.3. The fourth-order valence-electron chi connectivity index (χ4n) is 2.03. The lowest BCUT2D eigenvalue weighted by Crippen LogP contribution is -2.10. The van der Waals surface area contributed by atoms with Crippen molar-refractivity contribution in [1.29, 1.82) is 0 Å². The maximum Gasteiger partial charge on any atom is 0.0500 e. The topological polar surface area (TPSA) is 15.3 Å². The lowest BCUT2D eigenvalue weighted by atomic mass is 10.1. The van der Waals surface area contributed by atoms with E-state index in [0.717, 1.165) is 16.3 Å². The van der Waals surface area contributed by atoms with Gasteiger partial charge in [0, 0.05) is 36.5 Å². The summed E-state index contributed by atoms with van der Waals surface area (Å²) in [5.74, 6) is 0. The number of halogens is 1. The van der Waals surface area contributed by atoms with Crippen LogP contribution >= 0.6 is 11.6 Å². The van der Waals surface area contributed by atoms with Gasteiger partial charge in [0.25, 0.3) is 0 Å². The van der Waals surface area contributed by atoms with Crippen LogP contribution in [-0.2, 0) is 0 Å². The molecule has 3 heteroatoms. The summed E-state index contributed by atoms with van der Waals surface area (Å²) in [7, 11) is 4.08. The highest BCUT2D eigenvalue weighted by atomic mass is 35.5. The number of anilines is 2. The first-order chi connectivity index (χ1) is 9.08. The van der Waals surface area contributed by atoms with Crippen LogP contribution in [0.15, 0.2) is 48.5 Å². The molecule has 0 aliphatic rings. The van der Waals surface area contributed by atoms with Crippen molar-refractivity contribution in [3.63, 3.8) is 0 Å². The molecule has 0 aromatic heterocycles. The highest BCUT2D eigenvalue weighted by Crippen LogP contribution is 2.26. The first-order valence-corrected chi connectivity index (χ1v) is 6.74. The van der Waals surface area contributed by atoms with Crippen LogP contribution in [0.1, 0.15) is 18.5 Å². The number of rotatable bonds is 4. The number of hydrogen-bond donors (Lipinski definition) is 1. The lowest BCUT2D eigenvalue weighted by molar-refractivity contribution is 0.885. The molecule has 2 aromatic carbocycles. The van der Waals surface area contributed by atoms with Crippen molar-refractivity contribution in [3.8, 4) is 0 Å². The smallest absolute Gasteiger partial charge is 0.0500 e. The summed E-state index contributed by atoms with van der Waals surface area (Å²) in [6.45, 7) is 2.11. The van der Waals surface area contributed by atoms with Gasteiger partial charge in [0.15, 0.2) is 0 Å². The Morgan fingerprint density at radius 2 is 1.79 bits per heavy atom. The average Bonchev–Trinajstić information content (AvgIpc) is 2.39. The summed E-state index contributed by atoms with van der Waals surface area (Å²) in [6.07, 6.45) is 0. The average molecular weight is 275 g/mol. The minimum Gasteiger partial charge on any atom is -0.378 e. The number of benzene rings is 2. The Kier molecular flexibility index (Phi) is 4.33. The molecule has 0 radical (unpaired) electrons. The van der Waals surface area contributed by atoms with Gasteiger partial charge in [-0.15, -0.1) is 0 Å². The predicted octanol–water partition coefficient (Wildman–Crippen LogP) is 4.58. The van der Waals surface area contributed by atoms with E-state index in [1.54, 1.807) is 0 Å². The van der Waals surface area contributed by atoms with Crippen LogP contribution in [0.25, 0.3) is 0 Å². The third kappa shape index (κ3) is 3.42. The van der Waals surface area contributed by atoms with Gasteiger partial charge in [-0.1, -0.05) is 35.9 Å². The minimum atomic E-state index is 0.172. The summed E-state index contributed by atoms with van der Waals surface area (Å²) >= 11 is 6.22. The quantitative estimate of drug-likeness (QED) is 0.878. The number of nitrogens with zero attached hydrogens (tertiary/aromatic N) is 1. The van der Waals surface area contributed by atoms with E-state index < -0.39 is 0 Å². The first kappa shape index (κ1) is 13.8. The van der Waals surface area contributed by atoms with Gasteiger partial charge in [-0.2, -0.15) is 0 Å². The summed E-state index contributed by atoms with van der Waals surface area (Å²) in [5, 5.41) is 4.28. The van der Waals surface area contributed by atoms with Gasteiger partial charge in [-0.25, -0.2) is 0 Å². The highest BCUT2D eigenvalue weighted by Gasteiger charge is 2.09. The minimum absolute atomic E-state index is 0.172. The monoisotopic (exact) mass is 274 g/mol. The second kappa shape index (κ2) is 5.98. The SMILES string of the molecule is CC(Nc1cccc(N(C)C)c1)c1ccccc1Cl. The largest absolute Gasteiger partial charge is 0.378 e. The van der Waals surface area contributed by atoms with E-state index in [1.165, 1.54) is 5.69 Å². The first-order valence-electron chi connectivity index (χ1n) is 6.36. The molecule has 0 aliphatic heterocycles. The molecule has 0 bridgehead atoms. The number of hydrogen-bond acceptors (Lipinski definition) is 2. The third-order valence-corrected chi connectivity index (χ3v) is 3.46. The molecule has 1 atom stereocenters. The molecule has 0 amide bonds. The van der Waals surface area contributed by atoms with Crippen molar-refractivity contribution >= 4 is 23.0 Å². The Morgan fingerprint density at radius 3 is 2.47 bits per heavy atom. The van der Waals surface area contributed by atoms with E-state index >= 15 is 0 Å². The van der Waals surface area contributed by atoms with Gasteiger partial charge in [0.05, 0.1) is 0 Å². The predicted molar refractivity (Wildman–Crippen MR) is 84.3 cm³/mol. The lowest BCUT2D eigenvalue weighted by Gasteiger charge is -2.19. The van der Waals surface area contributed by atoms with E-state index in [4.69, 9.17) is 11.6 Å². The Hall–Kier alpha value is -1.67. The van der Waals surface area contributed by atoms with Gasteiger partial charge >= 0.3 is 0 Å². The van der Waals surface area contributed by atoms with Crippen molar-refractivity contribution in [1.82, 2.24) is 0 Å². The fraction of sp³-hybridized carbons (Fsp3) is 0.250. The zero-order chi connectivity index (χ0) is 13.8. The maximum absolute atomic E-state index is 6.22. The van der Waals surface area contributed by atoms with Crippen LogP contribution in [-0.4, -0.2) is 14.1 Å². The van der Waals surface area contributed by atoms with E-state index in [9.17, 15) is 0 Å². The molecule has 100 valence electrons. The van der Waals surface area contributed by atoms with Crippen LogP contribution in [0, 0.1) is 0 Å². The molecule has 0 heterocycles. The Labute approximate surface area is 120 Å². The summed E-state index contributed by atoms with van der Waals surface area (Å²) in [4.78, 5) is 2.09. The van der Waals surface area contributed by atoms with Crippen LogP contribution in [0.3, 0.4) is 0 Å². The van der Waals surface area contributed by atoms with Gasteiger partial charge < -0.3 is 10.2 Å². The van der Waals surface area contributed by atoms with Crippen molar-refractivity contribution in [2.75, 3.05) is 24.3 Å². The molecule has 2 nitrogen and oxygen atoms in total. The van der Waals surface area contributed by atoms with E-state index in [1.807, 2.05) is 32.3 Å². The summed E-state index contributed by atoms with van der Waals surface area (Å²) < 4.78 is 0. The van der Waals surface area contributed by atoms with Gasteiger partial charge in [0.1, 0.15) is 0 Å². The van der Waals surface area contributed by atoms with E-state index in [2.05, 4.69) is 47.5 Å². The van der Waals surface area contributed by atoms with Crippen LogP contribution in [0.5, 0.6) is 0 Å². The summed E-state index contributed by atoms with van der Waals surface area (Å²) in [5.41, 5.74) is 3.38. The van der Waals surface area contributed by atoms with E-state index in [-0.39, 0.29) is 6.04 Å². The van der Waals surface area contributed by atoms with E-state index in [0.29, 0.717) is 0 Å². The Bertz CT molecular complexity index is 552. The molecule has 2 rings (SSSR count). The molecular formula is C16H19ClN2. The molecule has 0 saturated heterocycles. The van der Waals surface area contributed by atoms with Crippen molar-refractivity contribution < 1.29 is 0 Å². The Morgan fingerprint density at radius 1 is 1.05 bits per heavy atom. The highest BCUT2D eigenvalue weighted by molar-refractivity contribution is 6.31. The van der Waals surface area contributed by atoms with Crippen LogP contribution in [0.4, 0.5) is 11.4 Å². The van der Waals surface area contributed by atoms with Crippen LogP contribution in [0.2, 0.25) is 5.02 Å². The second-order valence-corrected chi connectivity index (χ2v) is 5.24.